The predicted octanol–water partition coefficient (Wildman–Crippen LogP) is 3.09. The van der Waals surface area contributed by atoms with E-state index < -0.39 is 5.82 Å². The van der Waals surface area contributed by atoms with Gasteiger partial charge in [-0.3, -0.25) is 9.48 Å². The molecule has 164 valence electrons. The molecular formula is C23H24FN7O. The summed E-state index contributed by atoms with van der Waals surface area (Å²) in [6.45, 7) is 6.01. The van der Waals surface area contributed by atoms with Crippen molar-refractivity contribution < 1.29 is 9.18 Å². The summed E-state index contributed by atoms with van der Waals surface area (Å²) in [5.41, 5.74) is 2.61. The SMILES string of the molecule is C[C@@H]1CN(c2ccc(C(=O)Nc3cc(F)c4nn(C)cc4c3)c3ncncc23)C[C@@H](C)N1. The average Bonchev–Trinajstić information content (AvgIpc) is 3.13. The van der Waals surface area contributed by atoms with Crippen molar-refractivity contribution in [1.82, 2.24) is 25.1 Å². The first kappa shape index (κ1) is 20.3. The summed E-state index contributed by atoms with van der Waals surface area (Å²) in [5.74, 6) is -0.840. The lowest BCUT2D eigenvalue weighted by Gasteiger charge is -2.38. The van der Waals surface area contributed by atoms with Gasteiger partial charge in [0.2, 0.25) is 0 Å². The van der Waals surface area contributed by atoms with Gasteiger partial charge in [0, 0.05) is 66.8 Å². The zero-order valence-electron chi connectivity index (χ0n) is 18.1. The minimum absolute atomic E-state index is 0.271. The Morgan fingerprint density at radius 2 is 1.97 bits per heavy atom. The molecule has 2 aromatic heterocycles. The first-order chi connectivity index (χ1) is 15.4. The predicted molar refractivity (Wildman–Crippen MR) is 122 cm³/mol. The molecule has 1 aliphatic rings. The topological polar surface area (TPSA) is 88.0 Å². The number of amides is 1. The normalized spacial score (nSPS) is 18.9. The van der Waals surface area contributed by atoms with Crippen LogP contribution < -0.4 is 15.5 Å². The second-order valence-corrected chi connectivity index (χ2v) is 8.44. The molecule has 1 saturated heterocycles. The second-order valence-electron chi connectivity index (χ2n) is 8.44. The highest BCUT2D eigenvalue weighted by Gasteiger charge is 2.24. The van der Waals surface area contributed by atoms with Crippen LogP contribution >= 0.6 is 0 Å². The number of piperazine rings is 1. The molecule has 2 atom stereocenters. The Hall–Kier alpha value is -3.59. The molecule has 9 heteroatoms. The van der Waals surface area contributed by atoms with E-state index in [2.05, 4.69) is 44.4 Å². The van der Waals surface area contributed by atoms with Crippen LogP contribution in [0.25, 0.3) is 21.8 Å². The van der Waals surface area contributed by atoms with Gasteiger partial charge in [0.15, 0.2) is 5.82 Å². The van der Waals surface area contributed by atoms with Crippen LogP contribution in [0.15, 0.2) is 43.0 Å². The van der Waals surface area contributed by atoms with Crippen LogP contribution in [0.3, 0.4) is 0 Å². The maximum Gasteiger partial charge on any atom is 0.257 e. The van der Waals surface area contributed by atoms with Crippen molar-refractivity contribution in [3.63, 3.8) is 0 Å². The lowest BCUT2D eigenvalue weighted by Crippen LogP contribution is -2.54. The van der Waals surface area contributed by atoms with Crippen molar-refractivity contribution in [3.05, 3.63) is 54.4 Å². The maximum absolute atomic E-state index is 14.4. The van der Waals surface area contributed by atoms with Crippen molar-refractivity contribution in [2.45, 2.75) is 25.9 Å². The summed E-state index contributed by atoms with van der Waals surface area (Å²) in [6.07, 6.45) is 4.89. The number of aryl methyl sites for hydroxylation is 1. The van der Waals surface area contributed by atoms with Crippen LogP contribution in [0.5, 0.6) is 0 Å². The monoisotopic (exact) mass is 433 g/mol. The molecule has 5 rings (SSSR count). The van der Waals surface area contributed by atoms with Gasteiger partial charge in [-0.25, -0.2) is 14.4 Å². The number of rotatable bonds is 3. The zero-order valence-corrected chi connectivity index (χ0v) is 18.1. The van der Waals surface area contributed by atoms with E-state index in [1.807, 2.05) is 6.07 Å². The number of aromatic nitrogens is 4. The molecule has 2 N–H and O–H groups in total. The van der Waals surface area contributed by atoms with E-state index in [9.17, 15) is 9.18 Å². The van der Waals surface area contributed by atoms with Gasteiger partial charge >= 0.3 is 0 Å². The molecule has 0 aliphatic carbocycles. The summed E-state index contributed by atoms with van der Waals surface area (Å²) in [7, 11) is 1.73. The summed E-state index contributed by atoms with van der Waals surface area (Å²) >= 11 is 0. The highest BCUT2D eigenvalue weighted by Crippen LogP contribution is 2.30. The number of fused-ring (bicyclic) bond motifs is 2. The van der Waals surface area contributed by atoms with Gasteiger partial charge in [-0.2, -0.15) is 5.10 Å². The minimum atomic E-state index is -0.483. The Balaban J connectivity index is 1.50. The molecule has 8 nitrogen and oxygen atoms in total. The summed E-state index contributed by atoms with van der Waals surface area (Å²) in [5, 5.41) is 11.9. The van der Waals surface area contributed by atoms with E-state index in [0.717, 1.165) is 24.2 Å². The van der Waals surface area contributed by atoms with Crippen LogP contribution in [-0.2, 0) is 7.05 Å². The number of carbonyl (C=O) groups is 1. The lowest BCUT2D eigenvalue weighted by molar-refractivity contribution is 0.102. The van der Waals surface area contributed by atoms with Crippen molar-refractivity contribution >= 4 is 39.1 Å². The molecule has 1 amide bonds. The van der Waals surface area contributed by atoms with Crippen molar-refractivity contribution in [1.29, 1.82) is 0 Å². The molecule has 32 heavy (non-hydrogen) atoms. The van der Waals surface area contributed by atoms with Gasteiger partial charge in [-0.05, 0) is 38.1 Å². The number of nitrogens with zero attached hydrogens (tertiary/aromatic N) is 5. The molecule has 3 heterocycles. The Labute approximate surface area is 184 Å². The molecule has 0 bridgehead atoms. The van der Waals surface area contributed by atoms with Gasteiger partial charge in [0.05, 0.1) is 11.1 Å². The molecule has 0 spiro atoms. The number of hydrogen-bond donors (Lipinski definition) is 2. The van der Waals surface area contributed by atoms with Crippen LogP contribution in [0.4, 0.5) is 15.8 Å². The van der Waals surface area contributed by atoms with Gasteiger partial charge < -0.3 is 15.5 Å². The van der Waals surface area contributed by atoms with E-state index in [0.29, 0.717) is 34.2 Å². The van der Waals surface area contributed by atoms with E-state index in [4.69, 9.17) is 0 Å². The number of halogens is 1. The third-order valence-electron chi connectivity index (χ3n) is 5.73. The number of anilines is 2. The summed E-state index contributed by atoms with van der Waals surface area (Å²) < 4.78 is 16.0. The van der Waals surface area contributed by atoms with Crippen molar-refractivity contribution in [2.75, 3.05) is 23.3 Å². The fourth-order valence-corrected chi connectivity index (χ4v) is 4.53. The second kappa shape index (κ2) is 7.83. The molecule has 4 aromatic rings. The fourth-order valence-electron chi connectivity index (χ4n) is 4.53. The summed E-state index contributed by atoms with van der Waals surface area (Å²) in [6, 6.07) is 7.39. The van der Waals surface area contributed by atoms with E-state index in [1.165, 1.54) is 12.4 Å². The Bertz CT molecular complexity index is 1320. The van der Waals surface area contributed by atoms with Gasteiger partial charge in [-0.1, -0.05) is 0 Å². The molecular weight excluding hydrogens is 409 g/mol. The lowest BCUT2D eigenvalue weighted by atomic mass is 10.0. The zero-order chi connectivity index (χ0) is 22.4. The Morgan fingerprint density at radius 1 is 1.19 bits per heavy atom. The van der Waals surface area contributed by atoms with Gasteiger partial charge in [0.25, 0.3) is 5.91 Å². The highest BCUT2D eigenvalue weighted by atomic mass is 19.1. The molecule has 1 fully saturated rings. The van der Waals surface area contributed by atoms with Crippen LogP contribution in [0, 0.1) is 5.82 Å². The number of nitrogens with one attached hydrogen (secondary N) is 2. The van der Waals surface area contributed by atoms with Crippen LogP contribution in [0.1, 0.15) is 24.2 Å². The largest absolute Gasteiger partial charge is 0.368 e. The molecule has 2 aromatic carbocycles. The van der Waals surface area contributed by atoms with E-state index >= 15 is 0 Å². The van der Waals surface area contributed by atoms with Crippen molar-refractivity contribution in [2.24, 2.45) is 7.05 Å². The fraction of sp³-hybridized carbons (Fsp3) is 0.304. The van der Waals surface area contributed by atoms with Crippen LogP contribution in [0.2, 0.25) is 0 Å². The first-order valence-corrected chi connectivity index (χ1v) is 10.6. The quantitative estimate of drug-likeness (QED) is 0.516. The standard InChI is InChI=1S/C23H24FN7O/c1-13-9-31(10-14(2)27-13)20-5-4-17(22-18(20)8-25-12-26-22)23(32)28-16-6-15-11-30(3)29-21(15)19(24)7-16/h4-8,11-14,27H,9-10H2,1-3H3,(H,28,32)/t13-,14-/m1/s1. The first-order valence-electron chi connectivity index (χ1n) is 10.6. The molecule has 1 aliphatic heterocycles. The van der Waals surface area contributed by atoms with E-state index in [1.54, 1.807) is 36.3 Å². The highest BCUT2D eigenvalue weighted by molar-refractivity contribution is 6.14. The third-order valence-corrected chi connectivity index (χ3v) is 5.73. The molecule has 0 unspecified atom stereocenters. The molecule has 0 saturated carbocycles. The number of carbonyl (C=O) groups excluding carboxylic acids is 1. The number of benzene rings is 2. The molecule has 0 radical (unpaired) electrons. The minimum Gasteiger partial charge on any atom is -0.368 e. The number of hydrogen-bond acceptors (Lipinski definition) is 6. The van der Waals surface area contributed by atoms with Gasteiger partial charge in [0.1, 0.15) is 11.8 Å². The Morgan fingerprint density at radius 3 is 2.75 bits per heavy atom. The smallest absolute Gasteiger partial charge is 0.257 e. The van der Waals surface area contributed by atoms with Gasteiger partial charge in [-0.15, -0.1) is 0 Å². The average molecular weight is 433 g/mol. The van der Waals surface area contributed by atoms with Crippen LogP contribution in [-0.4, -0.2) is 50.8 Å². The van der Waals surface area contributed by atoms with Crippen molar-refractivity contribution in [3.8, 4) is 0 Å². The summed E-state index contributed by atoms with van der Waals surface area (Å²) in [4.78, 5) is 24.0. The Kier molecular flexibility index (Phi) is 4.97. The maximum atomic E-state index is 14.4. The third kappa shape index (κ3) is 3.64. The van der Waals surface area contributed by atoms with E-state index in [-0.39, 0.29) is 11.4 Å².